The molecule has 0 saturated carbocycles. The lowest BCUT2D eigenvalue weighted by molar-refractivity contribution is -0.274. The maximum Gasteiger partial charge on any atom is 0.573 e. The van der Waals surface area contributed by atoms with E-state index in [1.165, 1.54) is 12.1 Å². The number of hydrogen-bond donors (Lipinski definition) is 0. The number of ether oxygens (including phenoxy) is 1. The van der Waals surface area contributed by atoms with Crippen LogP contribution in [0.5, 0.6) is 5.75 Å². The van der Waals surface area contributed by atoms with Gasteiger partial charge in [0.05, 0.1) is 0 Å². The minimum absolute atomic E-state index is 0.182. The molecule has 20 heavy (non-hydrogen) atoms. The first-order valence-electron chi connectivity index (χ1n) is 6.62. The normalized spacial score (nSPS) is 18.1. The van der Waals surface area contributed by atoms with Crippen molar-refractivity contribution in [3.05, 3.63) is 24.3 Å². The Balaban J connectivity index is 1.98. The van der Waals surface area contributed by atoms with Gasteiger partial charge in [0.25, 0.3) is 0 Å². The zero-order chi connectivity index (χ0) is 14.8. The summed E-state index contributed by atoms with van der Waals surface area (Å²) >= 11 is 0. The first kappa shape index (κ1) is 15.0. The monoisotopic (exact) mass is 288 g/mol. The molecule has 0 aromatic heterocycles. The molecule has 0 aliphatic carbocycles. The molecule has 0 radical (unpaired) electrons. The summed E-state index contributed by atoms with van der Waals surface area (Å²) in [6, 6.07) is 6.47. The van der Waals surface area contributed by atoms with Crippen molar-refractivity contribution in [1.29, 1.82) is 0 Å². The number of alkyl halides is 3. The lowest BCUT2D eigenvalue weighted by Gasteiger charge is -2.36. The third-order valence-corrected chi connectivity index (χ3v) is 3.71. The Morgan fingerprint density at radius 3 is 2.20 bits per heavy atom. The van der Waals surface area contributed by atoms with Crippen LogP contribution in [0.3, 0.4) is 0 Å². The Bertz CT molecular complexity index is 425. The van der Waals surface area contributed by atoms with E-state index in [0.29, 0.717) is 6.04 Å². The van der Waals surface area contributed by atoms with E-state index in [9.17, 15) is 13.2 Å². The van der Waals surface area contributed by atoms with Crippen molar-refractivity contribution in [1.82, 2.24) is 4.90 Å². The smallest absolute Gasteiger partial charge is 0.406 e. The van der Waals surface area contributed by atoms with Crippen molar-refractivity contribution in [2.24, 2.45) is 0 Å². The van der Waals surface area contributed by atoms with Crippen LogP contribution in [0.4, 0.5) is 18.9 Å². The van der Waals surface area contributed by atoms with Crippen LogP contribution < -0.4 is 9.64 Å². The van der Waals surface area contributed by atoms with E-state index in [1.54, 1.807) is 12.1 Å². The number of likely N-dealkylation sites (tertiary alicyclic amines) is 1. The van der Waals surface area contributed by atoms with Gasteiger partial charge < -0.3 is 14.5 Å². The van der Waals surface area contributed by atoms with E-state index in [-0.39, 0.29) is 5.75 Å². The summed E-state index contributed by atoms with van der Waals surface area (Å²) in [6.07, 6.45) is -2.51. The van der Waals surface area contributed by atoms with Crippen molar-refractivity contribution in [2.75, 3.05) is 32.1 Å². The Kier molecular flexibility index (Phi) is 4.42. The van der Waals surface area contributed by atoms with Crippen LogP contribution in [0.2, 0.25) is 0 Å². The molecule has 112 valence electrons. The molecule has 1 fully saturated rings. The summed E-state index contributed by atoms with van der Waals surface area (Å²) in [7, 11) is 4.08. The van der Waals surface area contributed by atoms with Gasteiger partial charge in [-0.3, -0.25) is 0 Å². The molecule has 0 N–H and O–H groups in total. The van der Waals surface area contributed by atoms with Gasteiger partial charge in [0, 0.05) is 18.8 Å². The average molecular weight is 288 g/mol. The number of rotatable bonds is 3. The highest BCUT2D eigenvalue weighted by molar-refractivity contribution is 5.49. The number of benzene rings is 1. The highest BCUT2D eigenvalue weighted by Crippen LogP contribution is 2.27. The van der Waals surface area contributed by atoms with Crippen LogP contribution in [0.15, 0.2) is 24.3 Å². The molecule has 1 aliphatic rings. The number of anilines is 1. The molecular formula is C14H19F3N2O. The second-order valence-corrected chi connectivity index (χ2v) is 5.19. The largest absolute Gasteiger partial charge is 0.573 e. The van der Waals surface area contributed by atoms with Crippen molar-refractivity contribution in [3.8, 4) is 5.75 Å². The predicted molar refractivity (Wildman–Crippen MR) is 72.0 cm³/mol. The van der Waals surface area contributed by atoms with Crippen LogP contribution in [0.25, 0.3) is 0 Å². The number of piperidine rings is 1. The molecule has 1 aromatic carbocycles. The fourth-order valence-electron chi connectivity index (χ4n) is 2.48. The molecule has 3 nitrogen and oxygen atoms in total. The highest BCUT2D eigenvalue weighted by Gasteiger charge is 2.31. The number of halogens is 3. The van der Waals surface area contributed by atoms with Crippen molar-refractivity contribution in [3.63, 3.8) is 0 Å². The van der Waals surface area contributed by atoms with Crippen LogP contribution in [0, 0.1) is 0 Å². The number of nitrogens with zero attached hydrogens (tertiary/aromatic N) is 2. The van der Waals surface area contributed by atoms with E-state index >= 15 is 0 Å². The molecule has 0 atom stereocenters. The maximum absolute atomic E-state index is 12.1. The molecule has 2 rings (SSSR count). The molecule has 1 aromatic rings. The lowest BCUT2D eigenvalue weighted by atomic mass is 10.0. The molecule has 0 bridgehead atoms. The summed E-state index contributed by atoms with van der Waals surface area (Å²) in [5, 5.41) is 0. The second kappa shape index (κ2) is 5.91. The van der Waals surface area contributed by atoms with Crippen molar-refractivity contribution >= 4 is 5.69 Å². The molecular weight excluding hydrogens is 269 g/mol. The van der Waals surface area contributed by atoms with Crippen LogP contribution in [0.1, 0.15) is 12.8 Å². The first-order chi connectivity index (χ1) is 9.35. The topological polar surface area (TPSA) is 15.7 Å². The molecule has 1 saturated heterocycles. The molecule has 0 unspecified atom stereocenters. The Morgan fingerprint density at radius 1 is 1.15 bits per heavy atom. The summed E-state index contributed by atoms with van der Waals surface area (Å²) in [4.78, 5) is 4.41. The molecule has 6 heteroatoms. The van der Waals surface area contributed by atoms with E-state index in [4.69, 9.17) is 0 Å². The highest BCUT2D eigenvalue weighted by atomic mass is 19.4. The van der Waals surface area contributed by atoms with E-state index in [0.717, 1.165) is 31.6 Å². The zero-order valence-electron chi connectivity index (χ0n) is 11.7. The van der Waals surface area contributed by atoms with Gasteiger partial charge in [0.15, 0.2) is 0 Å². The van der Waals surface area contributed by atoms with Gasteiger partial charge in [-0.2, -0.15) is 0 Å². The third kappa shape index (κ3) is 4.03. The van der Waals surface area contributed by atoms with Gasteiger partial charge in [0.2, 0.25) is 0 Å². The fourth-order valence-corrected chi connectivity index (χ4v) is 2.48. The van der Waals surface area contributed by atoms with E-state index in [2.05, 4.69) is 21.6 Å². The van der Waals surface area contributed by atoms with Gasteiger partial charge >= 0.3 is 6.36 Å². The predicted octanol–water partition coefficient (Wildman–Crippen LogP) is 3.12. The minimum atomic E-state index is -4.64. The second-order valence-electron chi connectivity index (χ2n) is 5.19. The Labute approximate surface area is 116 Å². The Morgan fingerprint density at radius 2 is 1.70 bits per heavy atom. The summed E-state index contributed by atoms with van der Waals surface area (Å²) in [5.74, 6) is -0.182. The van der Waals surface area contributed by atoms with Crippen LogP contribution in [-0.2, 0) is 0 Å². The van der Waals surface area contributed by atoms with Gasteiger partial charge in [-0.1, -0.05) is 0 Å². The molecule has 0 amide bonds. The molecule has 0 spiro atoms. The summed E-state index contributed by atoms with van der Waals surface area (Å²) in [5.41, 5.74) is 0.911. The van der Waals surface area contributed by atoms with E-state index in [1.807, 2.05) is 7.05 Å². The third-order valence-electron chi connectivity index (χ3n) is 3.71. The van der Waals surface area contributed by atoms with E-state index < -0.39 is 6.36 Å². The lowest BCUT2D eigenvalue weighted by Crippen LogP contribution is -2.41. The van der Waals surface area contributed by atoms with Crippen molar-refractivity contribution < 1.29 is 17.9 Å². The number of hydrogen-bond acceptors (Lipinski definition) is 3. The first-order valence-corrected chi connectivity index (χ1v) is 6.62. The minimum Gasteiger partial charge on any atom is -0.406 e. The molecule has 1 heterocycles. The van der Waals surface area contributed by atoms with Crippen LogP contribution >= 0.6 is 0 Å². The standard InChI is InChI=1S/C14H19F3N2O/c1-18-9-7-12(8-10-18)19(2)11-3-5-13(6-4-11)20-14(15,16)17/h3-6,12H,7-10H2,1-2H3. The van der Waals surface area contributed by atoms with Gasteiger partial charge in [0.1, 0.15) is 5.75 Å². The summed E-state index contributed by atoms with van der Waals surface area (Å²) < 4.78 is 40.1. The molecule has 1 aliphatic heterocycles. The average Bonchev–Trinajstić information content (AvgIpc) is 2.38. The van der Waals surface area contributed by atoms with Crippen LogP contribution in [-0.4, -0.2) is 44.5 Å². The quantitative estimate of drug-likeness (QED) is 0.850. The van der Waals surface area contributed by atoms with Gasteiger partial charge in [-0.05, 0) is 57.2 Å². The summed E-state index contributed by atoms with van der Waals surface area (Å²) in [6.45, 7) is 2.09. The zero-order valence-corrected chi connectivity index (χ0v) is 11.7. The Hall–Kier alpha value is -1.43. The van der Waals surface area contributed by atoms with Crippen molar-refractivity contribution in [2.45, 2.75) is 25.2 Å². The SMILES string of the molecule is CN1CCC(N(C)c2ccc(OC(F)(F)F)cc2)CC1. The van der Waals surface area contributed by atoms with Gasteiger partial charge in [-0.25, -0.2) is 0 Å². The van der Waals surface area contributed by atoms with Gasteiger partial charge in [-0.15, -0.1) is 13.2 Å². The maximum atomic E-state index is 12.1. The fraction of sp³-hybridized carbons (Fsp3) is 0.571.